The summed E-state index contributed by atoms with van der Waals surface area (Å²) in [5.41, 5.74) is 0.709. The molecule has 0 aliphatic carbocycles. The summed E-state index contributed by atoms with van der Waals surface area (Å²) in [5.74, 6) is -0.897. The zero-order valence-corrected chi connectivity index (χ0v) is 26.0. The number of ether oxygens (including phenoxy) is 1. The van der Waals surface area contributed by atoms with Crippen molar-refractivity contribution >= 4 is 34.4 Å². The van der Waals surface area contributed by atoms with Gasteiger partial charge < -0.3 is 25.4 Å². The van der Waals surface area contributed by atoms with Gasteiger partial charge in [0.25, 0.3) is 5.91 Å². The molecule has 0 saturated heterocycles. The number of nitrogens with one attached hydrogen (secondary N) is 2. The normalized spacial score (nSPS) is 13.7. The molecule has 0 fully saturated rings. The molecule has 0 heterocycles. The Labute approximate surface area is 249 Å². The predicted octanol–water partition coefficient (Wildman–Crippen LogP) is 7.10. The van der Waals surface area contributed by atoms with Crippen molar-refractivity contribution in [2.24, 2.45) is 5.92 Å². The van der Waals surface area contributed by atoms with Gasteiger partial charge in [0.2, 0.25) is 5.91 Å². The third-order valence-electron chi connectivity index (χ3n) is 7.12. The lowest BCUT2D eigenvalue weighted by Crippen LogP contribution is -2.55. The number of anilines is 1. The molecule has 3 aromatic rings. The Kier molecular flexibility index (Phi) is 10.6. The third kappa shape index (κ3) is 8.24. The van der Waals surface area contributed by atoms with Gasteiger partial charge in [0.15, 0.2) is 0 Å². The van der Waals surface area contributed by atoms with Crippen LogP contribution in [0.5, 0.6) is 5.75 Å². The van der Waals surface area contributed by atoms with Gasteiger partial charge in [0.05, 0.1) is 0 Å². The van der Waals surface area contributed by atoms with Crippen molar-refractivity contribution in [2.75, 3.05) is 5.32 Å². The lowest BCUT2D eigenvalue weighted by atomic mass is 9.95. The molecule has 3 amide bonds. The standard InChI is InChI=1S/C34H45N3O5/c1-9-23(5)37(32(40)28(19-21(2)3)36-33(41)42-34(6,7)8)29(27-16-12-13-22(4)30(27)38)31(39)35-26-18-17-24-14-10-11-15-25(24)20-26/h10-18,20-21,23,28-29,38H,9,19H2,1-8H3,(H,35,39)(H,36,41). The van der Waals surface area contributed by atoms with Crippen molar-refractivity contribution in [2.45, 2.75) is 92.0 Å². The van der Waals surface area contributed by atoms with Crippen LogP contribution in [0.15, 0.2) is 60.7 Å². The minimum absolute atomic E-state index is 0.0576. The van der Waals surface area contributed by atoms with Gasteiger partial charge in [-0.3, -0.25) is 9.59 Å². The fraction of sp³-hybridized carbons (Fsp3) is 0.441. The fourth-order valence-electron chi connectivity index (χ4n) is 4.92. The van der Waals surface area contributed by atoms with Crippen LogP contribution in [0.3, 0.4) is 0 Å². The molecule has 3 atom stereocenters. The van der Waals surface area contributed by atoms with Crippen LogP contribution in [-0.4, -0.2) is 45.6 Å². The number of hydrogen-bond donors (Lipinski definition) is 3. The molecule has 0 saturated carbocycles. The van der Waals surface area contributed by atoms with Crippen molar-refractivity contribution in [3.8, 4) is 5.75 Å². The molecule has 0 aliphatic rings. The number of amides is 3. The summed E-state index contributed by atoms with van der Waals surface area (Å²) < 4.78 is 5.47. The Bertz CT molecular complexity index is 1410. The molecule has 42 heavy (non-hydrogen) atoms. The van der Waals surface area contributed by atoms with Crippen LogP contribution in [0.2, 0.25) is 0 Å². The number of benzene rings is 3. The van der Waals surface area contributed by atoms with E-state index < -0.39 is 41.6 Å². The number of phenolic OH excluding ortho intramolecular Hbond substituents is 1. The van der Waals surface area contributed by atoms with Gasteiger partial charge >= 0.3 is 6.09 Å². The van der Waals surface area contributed by atoms with Gasteiger partial charge in [0, 0.05) is 17.3 Å². The fourth-order valence-corrected chi connectivity index (χ4v) is 4.92. The number of alkyl carbamates (subject to hydrolysis) is 1. The van der Waals surface area contributed by atoms with Gasteiger partial charge in [-0.2, -0.15) is 0 Å². The van der Waals surface area contributed by atoms with Crippen molar-refractivity contribution < 1.29 is 24.2 Å². The summed E-state index contributed by atoms with van der Waals surface area (Å²) in [7, 11) is 0. The summed E-state index contributed by atoms with van der Waals surface area (Å²) in [6, 6.07) is 16.1. The van der Waals surface area contributed by atoms with E-state index in [9.17, 15) is 19.5 Å². The largest absolute Gasteiger partial charge is 0.507 e. The number of para-hydroxylation sites is 1. The molecule has 0 radical (unpaired) electrons. The molecule has 3 unspecified atom stereocenters. The molecule has 226 valence electrons. The monoisotopic (exact) mass is 575 g/mol. The number of phenols is 1. The Morgan fingerprint density at radius 1 is 0.952 bits per heavy atom. The number of rotatable bonds is 10. The summed E-state index contributed by atoms with van der Waals surface area (Å²) in [6.07, 6.45) is 0.170. The predicted molar refractivity (Wildman–Crippen MR) is 167 cm³/mol. The van der Waals surface area contributed by atoms with Crippen LogP contribution >= 0.6 is 0 Å². The first kappa shape index (κ1) is 32.4. The van der Waals surface area contributed by atoms with E-state index in [0.717, 1.165) is 10.8 Å². The minimum Gasteiger partial charge on any atom is -0.507 e. The Balaban J connectivity index is 2.10. The summed E-state index contributed by atoms with van der Waals surface area (Å²) in [5, 5.41) is 18.9. The van der Waals surface area contributed by atoms with Crippen molar-refractivity contribution in [3.05, 3.63) is 71.8 Å². The van der Waals surface area contributed by atoms with Crippen molar-refractivity contribution in [1.29, 1.82) is 0 Å². The topological polar surface area (TPSA) is 108 Å². The van der Waals surface area contributed by atoms with Crippen LogP contribution in [0.1, 0.15) is 78.5 Å². The zero-order chi connectivity index (χ0) is 31.2. The average molecular weight is 576 g/mol. The highest BCUT2D eigenvalue weighted by Gasteiger charge is 2.40. The van der Waals surface area contributed by atoms with E-state index in [4.69, 9.17) is 4.74 Å². The maximum Gasteiger partial charge on any atom is 0.408 e. The van der Waals surface area contributed by atoms with E-state index in [0.29, 0.717) is 29.7 Å². The number of fused-ring (bicyclic) bond motifs is 1. The second kappa shape index (κ2) is 13.7. The first-order valence-corrected chi connectivity index (χ1v) is 14.6. The number of aromatic hydroxyl groups is 1. The van der Waals surface area contributed by atoms with Crippen LogP contribution < -0.4 is 10.6 Å². The van der Waals surface area contributed by atoms with E-state index in [1.54, 1.807) is 45.9 Å². The number of carbonyl (C=O) groups excluding carboxylic acids is 3. The summed E-state index contributed by atoms with van der Waals surface area (Å²) >= 11 is 0. The van der Waals surface area contributed by atoms with Gasteiger partial charge in [-0.25, -0.2) is 4.79 Å². The Morgan fingerprint density at radius 2 is 1.62 bits per heavy atom. The molecule has 3 rings (SSSR count). The molecule has 8 heteroatoms. The third-order valence-corrected chi connectivity index (χ3v) is 7.12. The summed E-state index contributed by atoms with van der Waals surface area (Å²) in [6.45, 7) is 14.7. The lowest BCUT2D eigenvalue weighted by Gasteiger charge is -2.38. The van der Waals surface area contributed by atoms with Gasteiger partial charge in [0.1, 0.15) is 23.4 Å². The number of carbonyl (C=O) groups is 3. The molecule has 3 aromatic carbocycles. The zero-order valence-electron chi connectivity index (χ0n) is 26.0. The van der Waals surface area contributed by atoms with Gasteiger partial charge in [-0.05, 0) is 81.8 Å². The number of aryl methyl sites for hydroxylation is 1. The average Bonchev–Trinajstić information content (AvgIpc) is 2.91. The Morgan fingerprint density at radius 3 is 2.24 bits per heavy atom. The lowest BCUT2D eigenvalue weighted by molar-refractivity contribution is -0.143. The number of hydrogen-bond acceptors (Lipinski definition) is 5. The first-order valence-electron chi connectivity index (χ1n) is 14.6. The molecule has 0 aliphatic heterocycles. The van der Waals surface area contributed by atoms with E-state index in [1.165, 1.54) is 4.90 Å². The smallest absolute Gasteiger partial charge is 0.408 e. The van der Waals surface area contributed by atoms with Crippen LogP contribution in [-0.2, 0) is 14.3 Å². The van der Waals surface area contributed by atoms with E-state index in [2.05, 4.69) is 10.6 Å². The maximum atomic E-state index is 14.4. The molecule has 0 aromatic heterocycles. The van der Waals surface area contributed by atoms with Gasteiger partial charge in [-0.1, -0.05) is 69.3 Å². The highest BCUT2D eigenvalue weighted by atomic mass is 16.6. The van der Waals surface area contributed by atoms with Crippen LogP contribution in [0, 0.1) is 12.8 Å². The highest BCUT2D eigenvalue weighted by Crippen LogP contribution is 2.35. The highest BCUT2D eigenvalue weighted by molar-refractivity contribution is 6.01. The SMILES string of the molecule is CCC(C)N(C(=O)C(CC(C)C)NC(=O)OC(C)(C)C)C(C(=O)Nc1ccc2ccccc2c1)c1cccc(C)c1O. The van der Waals surface area contributed by atoms with Crippen molar-refractivity contribution in [1.82, 2.24) is 10.2 Å². The molecule has 3 N–H and O–H groups in total. The maximum absolute atomic E-state index is 14.4. The van der Waals surface area contributed by atoms with Crippen LogP contribution in [0.25, 0.3) is 10.8 Å². The van der Waals surface area contributed by atoms with E-state index >= 15 is 0 Å². The Hall–Kier alpha value is -4.07. The van der Waals surface area contributed by atoms with E-state index in [-0.39, 0.29) is 11.7 Å². The second-order valence-electron chi connectivity index (χ2n) is 12.3. The minimum atomic E-state index is -1.17. The quantitative estimate of drug-likeness (QED) is 0.239. The molecular formula is C34H45N3O5. The van der Waals surface area contributed by atoms with E-state index in [1.807, 2.05) is 70.2 Å². The second-order valence-corrected chi connectivity index (χ2v) is 12.3. The first-order chi connectivity index (χ1) is 19.7. The van der Waals surface area contributed by atoms with Gasteiger partial charge in [-0.15, -0.1) is 0 Å². The summed E-state index contributed by atoms with van der Waals surface area (Å²) in [4.78, 5) is 42.9. The molecule has 0 spiro atoms. The molecular weight excluding hydrogens is 530 g/mol. The van der Waals surface area contributed by atoms with Crippen molar-refractivity contribution in [3.63, 3.8) is 0 Å². The molecule has 8 nitrogen and oxygen atoms in total. The number of nitrogens with zero attached hydrogens (tertiary/aromatic N) is 1. The molecule has 0 bridgehead atoms. The van der Waals surface area contributed by atoms with Crippen LogP contribution in [0.4, 0.5) is 10.5 Å².